The quantitative estimate of drug-likeness (QED) is 0.599. The molecule has 0 spiro atoms. The summed E-state index contributed by atoms with van der Waals surface area (Å²) < 4.78 is 22.9. The molecule has 136 valence electrons. The number of rotatable bonds is 3. The van der Waals surface area contributed by atoms with Crippen molar-refractivity contribution in [1.82, 2.24) is 19.1 Å². The van der Waals surface area contributed by atoms with Crippen molar-refractivity contribution >= 4 is 41.1 Å². The minimum absolute atomic E-state index is 0.117. The van der Waals surface area contributed by atoms with Crippen LogP contribution < -0.4 is 0 Å². The van der Waals surface area contributed by atoms with Crippen LogP contribution in [0.25, 0.3) is 5.65 Å². The third-order valence-corrected chi connectivity index (χ3v) is 5.22. The van der Waals surface area contributed by atoms with E-state index in [1.807, 2.05) is 0 Å². The van der Waals surface area contributed by atoms with E-state index in [0.29, 0.717) is 40.3 Å². The van der Waals surface area contributed by atoms with Crippen molar-refractivity contribution < 1.29 is 9.13 Å². The molecule has 0 bridgehead atoms. The van der Waals surface area contributed by atoms with Gasteiger partial charge in [-0.3, -0.25) is 9.30 Å². The summed E-state index contributed by atoms with van der Waals surface area (Å²) in [6, 6.07) is 8.04. The van der Waals surface area contributed by atoms with E-state index in [4.69, 9.17) is 40.2 Å². The maximum Gasteiger partial charge on any atom is 0.203 e. The molecule has 3 aromatic rings. The number of pyridine rings is 1. The number of nitrogens with zero attached hydrogens (tertiary/aromatic N) is 4. The fourth-order valence-electron chi connectivity index (χ4n) is 3.04. The molecule has 1 unspecified atom stereocenters. The lowest BCUT2D eigenvalue weighted by molar-refractivity contribution is -0.0418. The highest BCUT2D eigenvalue weighted by molar-refractivity contribution is 7.71. The van der Waals surface area contributed by atoms with Gasteiger partial charge in [-0.1, -0.05) is 35.3 Å². The van der Waals surface area contributed by atoms with Gasteiger partial charge in [-0.15, -0.1) is 5.10 Å². The van der Waals surface area contributed by atoms with E-state index in [2.05, 4.69) is 10.00 Å². The van der Waals surface area contributed by atoms with E-state index >= 15 is 0 Å². The Kier molecular flexibility index (Phi) is 4.98. The molecule has 5 nitrogen and oxygen atoms in total. The standard InChI is InChI=1S/C17H15Cl2FN4OS/c18-12-7-14(19)16-21-24(17(26)23(16)8-12)10-22-5-6-25-15(9-22)11-1-3-13(20)4-2-11/h1-4,7-8,15H,5-6,9-10H2. The van der Waals surface area contributed by atoms with E-state index < -0.39 is 0 Å². The van der Waals surface area contributed by atoms with Gasteiger partial charge in [0.2, 0.25) is 4.77 Å². The maximum absolute atomic E-state index is 13.1. The highest BCUT2D eigenvalue weighted by Gasteiger charge is 2.23. The van der Waals surface area contributed by atoms with Crippen LogP contribution >= 0.6 is 35.4 Å². The minimum Gasteiger partial charge on any atom is -0.371 e. The fourth-order valence-corrected chi connectivity index (χ4v) is 3.78. The molecule has 4 rings (SSSR count). The van der Waals surface area contributed by atoms with Crippen LogP contribution in [0.5, 0.6) is 0 Å². The van der Waals surface area contributed by atoms with Crippen molar-refractivity contribution in [3.8, 4) is 0 Å². The zero-order valence-corrected chi connectivity index (χ0v) is 15.9. The third kappa shape index (κ3) is 3.50. The van der Waals surface area contributed by atoms with Gasteiger partial charge in [0.25, 0.3) is 0 Å². The first-order valence-electron chi connectivity index (χ1n) is 8.05. The van der Waals surface area contributed by atoms with Crippen LogP contribution in [0.3, 0.4) is 0 Å². The van der Waals surface area contributed by atoms with E-state index in [9.17, 15) is 4.39 Å². The van der Waals surface area contributed by atoms with Gasteiger partial charge in [0.1, 0.15) is 5.82 Å². The predicted octanol–water partition coefficient (Wildman–Crippen LogP) is 4.34. The van der Waals surface area contributed by atoms with E-state index in [1.165, 1.54) is 12.1 Å². The number of morpholine rings is 1. The average molecular weight is 413 g/mol. The molecule has 1 atom stereocenters. The first kappa shape index (κ1) is 17.9. The van der Waals surface area contributed by atoms with E-state index in [1.54, 1.807) is 33.5 Å². The number of benzene rings is 1. The average Bonchev–Trinajstić information content (AvgIpc) is 2.93. The van der Waals surface area contributed by atoms with Crippen LogP contribution in [-0.4, -0.2) is 38.8 Å². The summed E-state index contributed by atoms with van der Waals surface area (Å²) >= 11 is 17.8. The predicted molar refractivity (Wildman–Crippen MR) is 101 cm³/mol. The highest BCUT2D eigenvalue weighted by Crippen LogP contribution is 2.24. The number of ether oxygens (including phenoxy) is 1. The number of fused-ring (bicyclic) bond motifs is 1. The number of hydrogen-bond donors (Lipinski definition) is 0. The first-order valence-corrected chi connectivity index (χ1v) is 9.21. The van der Waals surface area contributed by atoms with Gasteiger partial charge in [-0.05, 0) is 36.0 Å². The molecule has 26 heavy (non-hydrogen) atoms. The Hall–Kier alpha value is -1.51. The molecule has 0 saturated carbocycles. The van der Waals surface area contributed by atoms with Gasteiger partial charge < -0.3 is 4.74 Å². The number of hydrogen-bond acceptors (Lipinski definition) is 4. The highest BCUT2D eigenvalue weighted by atomic mass is 35.5. The summed E-state index contributed by atoms with van der Waals surface area (Å²) in [4.78, 5) is 2.19. The Morgan fingerprint density at radius 3 is 2.81 bits per heavy atom. The topological polar surface area (TPSA) is 34.7 Å². The second-order valence-corrected chi connectivity index (χ2v) is 7.32. The smallest absolute Gasteiger partial charge is 0.203 e. The molecule has 0 aliphatic carbocycles. The Bertz CT molecular complexity index is 1000. The molecular weight excluding hydrogens is 398 g/mol. The molecule has 9 heteroatoms. The zero-order valence-electron chi connectivity index (χ0n) is 13.6. The largest absolute Gasteiger partial charge is 0.371 e. The molecule has 3 heterocycles. The van der Waals surface area contributed by atoms with Crippen molar-refractivity contribution in [3.63, 3.8) is 0 Å². The fraction of sp³-hybridized carbons (Fsp3) is 0.294. The second-order valence-electron chi connectivity index (χ2n) is 6.11. The molecular formula is C17H15Cl2FN4OS. The monoisotopic (exact) mass is 412 g/mol. The van der Waals surface area contributed by atoms with Crippen LogP contribution in [0.15, 0.2) is 36.5 Å². The van der Waals surface area contributed by atoms with Gasteiger partial charge in [0.05, 0.1) is 29.4 Å². The summed E-state index contributed by atoms with van der Waals surface area (Å²) in [5, 5.41) is 5.46. The molecule has 1 saturated heterocycles. The van der Waals surface area contributed by atoms with E-state index in [0.717, 1.165) is 12.1 Å². The second kappa shape index (κ2) is 7.25. The normalized spacial score (nSPS) is 18.5. The Labute approximate surface area is 164 Å². The van der Waals surface area contributed by atoms with Crippen LogP contribution in [0.1, 0.15) is 11.7 Å². The molecule has 0 radical (unpaired) electrons. The number of aromatic nitrogens is 3. The molecule has 1 fully saturated rings. The van der Waals surface area contributed by atoms with Crippen LogP contribution in [0.4, 0.5) is 4.39 Å². The summed E-state index contributed by atoms with van der Waals surface area (Å²) in [6.45, 7) is 2.50. The summed E-state index contributed by atoms with van der Waals surface area (Å²) in [5.41, 5.74) is 1.52. The number of halogens is 3. The van der Waals surface area contributed by atoms with Crippen molar-refractivity contribution in [1.29, 1.82) is 0 Å². The summed E-state index contributed by atoms with van der Waals surface area (Å²) in [7, 11) is 0. The minimum atomic E-state index is -0.257. The van der Waals surface area contributed by atoms with Gasteiger partial charge in [0, 0.05) is 19.3 Å². The zero-order chi connectivity index (χ0) is 18.3. The Balaban J connectivity index is 1.56. The van der Waals surface area contributed by atoms with Crippen LogP contribution in [0.2, 0.25) is 10.0 Å². The van der Waals surface area contributed by atoms with Gasteiger partial charge in [0.15, 0.2) is 5.65 Å². The summed E-state index contributed by atoms with van der Waals surface area (Å²) in [5.74, 6) is -0.257. The molecule has 0 N–H and O–H groups in total. The lowest BCUT2D eigenvalue weighted by Crippen LogP contribution is -2.39. The third-order valence-electron chi connectivity index (χ3n) is 4.33. The molecule has 1 aliphatic heterocycles. The lowest BCUT2D eigenvalue weighted by Gasteiger charge is -2.32. The Morgan fingerprint density at radius 1 is 1.27 bits per heavy atom. The van der Waals surface area contributed by atoms with Gasteiger partial charge >= 0.3 is 0 Å². The maximum atomic E-state index is 13.1. The van der Waals surface area contributed by atoms with Crippen LogP contribution in [0, 0.1) is 10.6 Å². The first-order chi connectivity index (χ1) is 12.5. The van der Waals surface area contributed by atoms with Crippen LogP contribution in [-0.2, 0) is 11.4 Å². The van der Waals surface area contributed by atoms with Crippen molar-refractivity contribution in [3.05, 3.63) is 62.7 Å². The Morgan fingerprint density at radius 2 is 2.04 bits per heavy atom. The van der Waals surface area contributed by atoms with Crippen molar-refractivity contribution in [2.75, 3.05) is 19.7 Å². The molecule has 1 aromatic carbocycles. The molecule has 2 aromatic heterocycles. The molecule has 0 amide bonds. The van der Waals surface area contributed by atoms with E-state index in [-0.39, 0.29) is 11.9 Å². The molecule has 1 aliphatic rings. The SMILES string of the molecule is Fc1ccc(C2CN(Cn3nc4c(Cl)cc(Cl)cn4c3=S)CCO2)cc1. The van der Waals surface area contributed by atoms with Crippen molar-refractivity contribution in [2.24, 2.45) is 0 Å². The summed E-state index contributed by atoms with van der Waals surface area (Å²) in [6.07, 6.45) is 1.59. The van der Waals surface area contributed by atoms with Crippen molar-refractivity contribution in [2.45, 2.75) is 12.8 Å². The van der Waals surface area contributed by atoms with Gasteiger partial charge in [-0.25, -0.2) is 9.07 Å². The lowest BCUT2D eigenvalue weighted by atomic mass is 10.1. The van der Waals surface area contributed by atoms with Gasteiger partial charge in [-0.2, -0.15) is 0 Å².